The number of pyridine rings is 1. The van der Waals surface area contributed by atoms with E-state index in [2.05, 4.69) is 10.3 Å². The van der Waals surface area contributed by atoms with Crippen LogP contribution in [0, 0.1) is 12.8 Å². The van der Waals surface area contributed by atoms with E-state index in [1.165, 1.54) is 6.07 Å². The molecular weight excluding hydrogens is 461 g/mol. The number of nitrogens with zero attached hydrogens (tertiary/aromatic N) is 1. The van der Waals surface area contributed by atoms with E-state index in [9.17, 15) is 18.0 Å². The van der Waals surface area contributed by atoms with Crippen LogP contribution in [-0.2, 0) is 22.9 Å². The van der Waals surface area contributed by atoms with Crippen LogP contribution in [0.4, 0.5) is 13.2 Å². The summed E-state index contributed by atoms with van der Waals surface area (Å²) in [5.74, 6) is 0.145. The topological polar surface area (TPSA) is 42.0 Å². The van der Waals surface area contributed by atoms with E-state index in [-0.39, 0.29) is 12.3 Å². The number of hydrogen-bond donors (Lipinski definition) is 1. The molecule has 1 fully saturated rings. The first-order chi connectivity index (χ1) is 17.3. The van der Waals surface area contributed by atoms with Crippen LogP contribution in [0.5, 0.6) is 0 Å². The Kier molecular flexibility index (Phi) is 9.30. The Morgan fingerprint density at radius 2 is 1.61 bits per heavy atom. The second kappa shape index (κ2) is 12.2. The molecule has 1 aliphatic rings. The summed E-state index contributed by atoms with van der Waals surface area (Å²) in [6, 6.07) is 18.4. The molecule has 1 saturated carbocycles. The monoisotopic (exact) mass is 496 g/mol. The van der Waals surface area contributed by atoms with E-state index in [4.69, 9.17) is 0 Å². The Morgan fingerprint density at radius 3 is 2.25 bits per heavy atom. The summed E-state index contributed by atoms with van der Waals surface area (Å²) in [6.07, 6.45) is 2.00. The zero-order valence-electron chi connectivity index (χ0n) is 21.2. The number of nitrogens with one attached hydrogen (secondary N) is 1. The summed E-state index contributed by atoms with van der Waals surface area (Å²) in [7, 11) is 0. The van der Waals surface area contributed by atoms with Gasteiger partial charge in [-0.1, -0.05) is 75.2 Å². The van der Waals surface area contributed by atoms with Crippen molar-refractivity contribution in [1.82, 2.24) is 10.3 Å². The maximum Gasteiger partial charge on any atom is 0.416 e. The highest BCUT2D eigenvalue weighted by Gasteiger charge is 2.41. The predicted octanol–water partition coefficient (Wildman–Crippen LogP) is 7.62. The molecule has 3 aromatic rings. The molecule has 1 amide bonds. The summed E-state index contributed by atoms with van der Waals surface area (Å²) in [5, 5.41) is 3.19. The highest BCUT2D eigenvalue weighted by Crippen LogP contribution is 2.38. The summed E-state index contributed by atoms with van der Waals surface area (Å²) >= 11 is 0. The Morgan fingerprint density at radius 1 is 0.944 bits per heavy atom. The third kappa shape index (κ3) is 6.54. The Balaban J connectivity index is 0.00000176. The fourth-order valence-electron chi connectivity index (χ4n) is 5.06. The van der Waals surface area contributed by atoms with Gasteiger partial charge >= 0.3 is 6.18 Å². The number of amides is 1. The van der Waals surface area contributed by atoms with Gasteiger partial charge in [-0.05, 0) is 60.6 Å². The van der Waals surface area contributed by atoms with Crippen molar-refractivity contribution < 1.29 is 18.0 Å². The average molecular weight is 497 g/mol. The molecule has 4 rings (SSSR count). The van der Waals surface area contributed by atoms with Gasteiger partial charge in [0.1, 0.15) is 5.54 Å². The molecule has 0 spiro atoms. The standard InChI is InChI=1S/C28H29F3N2O.C2H6/c1-20-9-8-16-32-26(20)27(19-22-12-3-2-4-13-22,33-25(34)17-21-10-5-6-11-21)23-14-7-15-24(18-23)28(29,30)31;1-2/h2-4,7-9,12-16,18,21H,5-6,10-11,17,19H2,1H3,(H,33,34);1-2H3. The zero-order chi connectivity index (χ0) is 26.2. The molecule has 0 bridgehead atoms. The van der Waals surface area contributed by atoms with E-state index in [0.717, 1.165) is 48.9 Å². The van der Waals surface area contributed by atoms with Gasteiger partial charge in [-0.25, -0.2) is 0 Å². The number of alkyl halides is 3. The molecule has 1 N–H and O–H groups in total. The third-order valence-corrected chi connectivity index (χ3v) is 6.71. The summed E-state index contributed by atoms with van der Waals surface area (Å²) in [5.41, 5.74) is 0.624. The first-order valence-corrected chi connectivity index (χ1v) is 12.7. The molecule has 6 heteroatoms. The third-order valence-electron chi connectivity index (χ3n) is 6.71. The molecular formula is C30H35F3N2O. The number of rotatable bonds is 7. The molecule has 1 heterocycles. The zero-order valence-corrected chi connectivity index (χ0v) is 21.2. The van der Waals surface area contributed by atoms with E-state index in [0.29, 0.717) is 23.6 Å². The van der Waals surface area contributed by atoms with E-state index in [1.54, 1.807) is 18.3 Å². The molecule has 192 valence electrons. The normalized spacial score (nSPS) is 15.5. The number of carbonyl (C=O) groups is 1. The van der Waals surface area contributed by atoms with Crippen LogP contribution in [0.25, 0.3) is 0 Å². The minimum absolute atomic E-state index is 0.162. The second-order valence-corrected chi connectivity index (χ2v) is 9.22. The van der Waals surface area contributed by atoms with Crippen LogP contribution >= 0.6 is 0 Å². The minimum Gasteiger partial charge on any atom is -0.341 e. The second-order valence-electron chi connectivity index (χ2n) is 9.22. The lowest BCUT2D eigenvalue weighted by Crippen LogP contribution is -2.50. The van der Waals surface area contributed by atoms with Gasteiger partial charge in [0.2, 0.25) is 5.91 Å². The largest absolute Gasteiger partial charge is 0.416 e. The van der Waals surface area contributed by atoms with Gasteiger partial charge in [-0.3, -0.25) is 9.78 Å². The molecule has 1 unspecified atom stereocenters. The number of hydrogen-bond acceptors (Lipinski definition) is 2. The van der Waals surface area contributed by atoms with Crippen molar-refractivity contribution in [1.29, 1.82) is 0 Å². The van der Waals surface area contributed by atoms with Gasteiger partial charge in [0.05, 0.1) is 11.3 Å². The van der Waals surface area contributed by atoms with E-state index >= 15 is 0 Å². The molecule has 1 aliphatic carbocycles. The van der Waals surface area contributed by atoms with Crippen molar-refractivity contribution >= 4 is 5.91 Å². The number of benzene rings is 2. The van der Waals surface area contributed by atoms with Crippen LogP contribution in [0.2, 0.25) is 0 Å². The van der Waals surface area contributed by atoms with Gasteiger partial charge < -0.3 is 5.32 Å². The van der Waals surface area contributed by atoms with Crippen LogP contribution < -0.4 is 5.32 Å². The van der Waals surface area contributed by atoms with Crippen LogP contribution in [0.15, 0.2) is 72.9 Å². The first-order valence-electron chi connectivity index (χ1n) is 12.7. The van der Waals surface area contributed by atoms with Gasteiger partial charge in [0, 0.05) is 19.0 Å². The predicted molar refractivity (Wildman–Crippen MR) is 137 cm³/mol. The lowest BCUT2D eigenvalue weighted by atomic mass is 9.78. The van der Waals surface area contributed by atoms with E-state index < -0.39 is 17.3 Å². The Bertz CT molecular complexity index is 1120. The molecule has 1 aromatic heterocycles. The molecule has 0 saturated heterocycles. The number of halogens is 3. The van der Waals surface area contributed by atoms with Crippen molar-refractivity contribution in [2.45, 2.75) is 71.0 Å². The minimum atomic E-state index is -4.50. The lowest BCUT2D eigenvalue weighted by Gasteiger charge is -2.37. The maximum absolute atomic E-state index is 13.7. The number of carbonyl (C=O) groups excluding carboxylic acids is 1. The molecule has 0 radical (unpaired) electrons. The van der Waals surface area contributed by atoms with Gasteiger partial charge in [0.15, 0.2) is 0 Å². The van der Waals surface area contributed by atoms with Crippen LogP contribution in [-0.4, -0.2) is 10.9 Å². The maximum atomic E-state index is 13.7. The molecule has 0 aliphatic heterocycles. The summed E-state index contributed by atoms with van der Waals surface area (Å²) < 4.78 is 41.1. The number of aromatic nitrogens is 1. The van der Waals surface area contributed by atoms with E-state index in [1.807, 2.05) is 57.2 Å². The summed E-state index contributed by atoms with van der Waals surface area (Å²) in [4.78, 5) is 18.0. The number of aryl methyl sites for hydroxylation is 1. The SMILES string of the molecule is CC.Cc1cccnc1C(Cc1ccccc1)(NC(=O)CC1CCCC1)c1cccc(C(F)(F)F)c1. The van der Waals surface area contributed by atoms with Gasteiger partial charge in [-0.2, -0.15) is 13.2 Å². The van der Waals surface area contributed by atoms with Crippen molar-refractivity contribution in [2.24, 2.45) is 5.92 Å². The average Bonchev–Trinajstić information content (AvgIpc) is 3.38. The van der Waals surface area contributed by atoms with Crippen molar-refractivity contribution in [2.75, 3.05) is 0 Å². The quantitative estimate of drug-likeness (QED) is 0.366. The lowest BCUT2D eigenvalue weighted by molar-refractivity contribution is -0.137. The molecule has 36 heavy (non-hydrogen) atoms. The van der Waals surface area contributed by atoms with Crippen LogP contribution in [0.1, 0.15) is 73.9 Å². The van der Waals surface area contributed by atoms with Crippen molar-refractivity contribution in [3.8, 4) is 0 Å². The molecule has 1 atom stereocenters. The Labute approximate surface area is 212 Å². The fourth-order valence-corrected chi connectivity index (χ4v) is 5.06. The van der Waals surface area contributed by atoms with Crippen LogP contribution in [0.3, 0.4) is 0 Å². The Hall–Kier alpha value is -3.15. The van der Waals surface area contributed by atoms with Crippen molar-refractivity contribution in [3.05, 3.63) is 101 Å². The highest BCUT2D eigenvalue weighted by atomic mass is 19.4. The summed E-state index contributed by atoms with van der Waals surface area (Å²) in [6.45, 7) is 5.87. The van der Waals surface area contributed by atoms with Crippen molar-refractivity contribution in [3.63, 3.8) is 0 Å². The smallest absolute Gasteiger partial charge is 0.341 e. The molecule has 2 aromatic carbocycles. The highest BCUT2D eigenvalue weighted by molar-refractivity contribution is 5.78. The molecule has 3 nitrogen and oxygen atoms in total. The van der Waals surface area contributed by atoms with Gasteiger partial charge in [-0.15, -0.1) is 0 Å². The fraction of sp³-hybridized carbons (Fsp3) is 0.400. The van der Waals surface area contributed by atoms with Gasteiger partial charge in [0.25, 0.3) is 0 Å². The first kappa shape index (κ1) is 27.4.